The highest BCUT2D eigenvalue weighted by Crippen LogP contribution is 2.23. The van der Waals surface area contributed by atoms with E-state index >= 15 is 0 Å². The molecule has 2 aromatic rings. The zero-order valence-corrected chi connectivity index (χ0v) is 13.0. The van der Waals surface area contributed by atoms with E-state index in [9.17, 15) is 9.18 Å². The summed E-state index contributed by atoms with van der Waals surface area (Å²) in [6.07, 6.45) is -0.0545. The van der Waals surface area contributed by atoms with E-state index in [1.165, 1.54) is 28.4 Å². The van der Waals surface area contributed by atoms with Gasteiger partial charge < -0.3 is 4.90 Å². The molecule has 1 amide bonds. The molecule has 0 N–H and O–H groups in total. The van der Waals surface area contributed by atoms with Gasteiger partial charge >= 0.3 is 0 Å². The van der Waals surface area contributed by atoms with Crippen molar-refractivity contribution in [2.75, 3.05) is 7.05 Å². The lowest BCUT2D eigenvalue weighted by Gasteiger charge is -2.17. The van der Waals surface area contributed by atoms with Gasteiger partial charge in [-0.1, -0.05) is 29.3 Å². The quantitative estimate of drug-likeness (QED) is 0.813. The van der Waals surface area contributed by atoms with Gasteiger partial charge in [0.25, 0.3) is 0 Å². The fourth-order valence-electron chi connectivity index (χ4n) is 1.75. The van der Waals surface area contributed by atoms with Crippen LogP contribution in [-0.4, -0.2) is 17.9 Å². The predicted octanol–water partition coefficient (Wildman–Crippen LogP) is 4.40. The van der Waals surface area contributed by atoms with E-state index < -0.39 is 5.82 Å². The lowest BCUT2D eigenvalue weighted by molar-refractivity contribution is -0.129. The average molecular weight is 332 g/mol. The second kappa shape index (κ2) is 6.57. The fraction of sp³-hybridized carbons (Fsp3) is 0.214. The maximum absolute atomic E-state index is 13.6. The Morgan fingerprint density at radius 2 is 2.05 bits per heavy atom. The molecule has 0 bridgehead atoms. The normalized spacial score (nSPS) is 10.6. The van der Waals surface area contributed by atoms with Gasteiger partial charge in [0.2, 0.25) is 5.91 Å². The minimum Gasteiger partial charge on any atom is -0.340 e. The second-order valence-electron chi connectivity index (χ2n) is 4.33. The van der Waals surface area contributed by atoms with Crippen LogP contribution in [0.15, 0.2) is 30.3 Å². The third-order valence-corrected chi connectivity index (χ3v) is 4.41. The van der Waals surface area contributed by atoms with Crippen molar-refractivity contribution in [3.05, 3.63) is 55.9 Å². The van der Waals surface area contributed by atoms with Gasteiger partial charge in [0.15, 0.2) is 0 Å². The minimum absolute atomic E-state index is 0.0545. The largest absolute Gasteiger partial charge is 0.340 e. The number of likely N-dealkylation sites (N-methyl/N-ethyl adjacent to an activating group) is 1. The Balaban J connectivity index is 2.04. The Hall–Kier alpha value is -1.10. The van der Waals surface area contributed by atoms with E-state index in [1.807, 2.05) is 6.07 Å². The SMILES string of the molecule is CN(Cc1ccc(Cl)s1)C(=O)Cc1c(F)cccc1Cl. The van der Waals surface area contributed by atoms with Crippen LogP contribution in [0.2, 0.25) is 9.36 Å². The second-order valence-corrected chi connectivity index (χ2v) is 6.54. The third-order valence-electron chi connectivity index (χ3n) is 2.84. The molecular weight excluding hydrogens is 320 g/mol. The number of carbonyl (C=O) groups is 1. The molecule has 0 atom stereocenters. The summed E-state index contributed by atoms with van der Waals surface area (Å²) < 4.78 is 14.3. The first kappa shape index (κ1) is 15.3. The van der Waals surface area contributed by atoms with Gasteiger partial charge in [-0.3, -0.25) is 4.79 Å². The van der Waals surface area contributed by atoms with Crippen LogP contribution in [-0.2, 0) is 17.8 Å². The van der Waals surface area contributed by atoms with Gasteiger partial charge in [-0.2, -0.15) is 0 Å². The highest BCUT2D eigenvalue weighted by molar-refractivity contribution is 7.16. The molecule has 0 radical (unpaired) electrons. The molecule has 0 saturated heterocycles. The smallest absolute Gasteiger partial charge is 0.227 e. The van der Waals surface area contributed by atoms with E-state index in [4.69, 9.17) is 23.2 Å². The van der Waals surface area contributed by atoms with Crippen molar-refractivity contribution >= 4 is 40.4 Å². The minimum atomic E-state index is -0.460. The average Bonchev–Trinajstić information content (AvgIpc) is 2.79. The van der Waals surface area contributed by atoms with Crippen molar-refractivity contribution in [2.45, 2.75) is 13.0 Å². The van der Waals surface area contributed by atoms with Crippen LogP contribution in [0.25, 0.3) is 0 Å². The van der Waals surface area contributed by atoms with E-state index in [-0.39, 0.29) is 22.9 Å². The molecule has 0 aliphatic heterocycles. The van der Waals surface area contributed by atoms with Crippen LogP contribution in [0, 0.1) is 5.82 Å². The maximum atomic E-state index is 13.6. The molecule has 1 aromatic carbocycles. The summed E-state index contributed by atoms with van der Waals surface area (Å²) in [5, 5.41) is 0.269. The fourth-order valence-corrected chi connectivity index (χ4v) is 3.12. The predicted molar refractivity (Wildman–Crippen MR) is 80.9 cm³/mol. The molecule has 2 rings (SSSR count). The van der Waals surface area contributed by atoms with E-state index in [1.54, 1.807) is 19.2 Å². The molecule has 0 spiro atoms. The first-order valence-corrected chi connectivity index (χ1v) is 7.45. The van der Waals surface area contributed by atoms with Gasteiger partial charge in [0, 0.05) is 22.5 Å². The van der Waals surface area contributed by atoms with E-state index in [0.717, 1.165) is 4.88 Å². The molecule has 0 unspecified atom stereocenters. The number of thiophene rings is 1. The lowest BCUT2D eigenvalue weighted by atomic mass is 10.1. The summed E-state index contributed by atoms with van der Waals surface area (Å²) >= 11 is 13.2. The van der Waals surface area contributed by atoms with Crippen LogP contribution in [0.1, 0.15) is 10.4 Å². The van der Waals surface area contributed by atoms with Crippen LogP contribution in [0.4, 0.5) is 4.39 Å². The molecule has 1 heterocycles. The molecule has 2 nitrogen and oxygen atoms in total. The topological polar surface area (TPSA) is 20.3 Å². The molecule has 0 aliphatic carbocycles. The Bertz CT molecular complexity index is 609. The number of benzene rings is 1. The number of rotatable bonds is 4. The van der Waals surface area contributed by atoms with Crippen LogP contribution >= 0.6 is 34.5 Å². The molecule has 0 saturated carbocycles. The van der Waals surface area contributed by atoms with Crippen LogP contribution in [0.5, 0.6) is 0 Å². The number of amides is 1. The molecule has 0 fully saturated rings. The first-order chi connectivity index (χ1) is 9.47. The van der Waals surface area contributed by atoms with Crippen molar-refractivity contribution in [3.63, 3.8) is 0 Å². The highest BCUT2D eigenvalue weighted by atomic mass is 35.5. The highest BCUT2D eigenvalue weighted by Gasteiger charge is 2.16. The zero-order valence-electron chi connectivity index (χ0n) is 10.7. The first-order valence-electron chi connectivity index (χ1n) is 5.88. The Morgan fingerprint density at radius 1 is 1.30 bits per heavy atom. The molecular formula is C14H12Cl2FNOS. The Labute approximate surface area is 130 Å². The van der Waals surface area contributed by atoms with Crippen molar-refractivity contribution in [1.29, 1.82) is 0 Å². The third kappa shape index (κ3) is 3.72. The molecule has 6 heteroatoms. The summed E-state index contributed by atoms with van der Waals surface area (Å²) in [7, 11) is 1.67. The zero-order chi connectivity index (χ0) is 14.7. The van der Waals surface area contributed by atoms with Crippen LogP contribution < -0.4 is 0 Å². The van der Waals surface area contributed by atoms with Crippen molar-refractivity contribution in [2.24, 2.45) is 0 Å². The number of hydrogen-bond donors (Lipinski definition) is 0. The van der Waals surface area contributed by atoms with E-state index in [2.05, 4.69) is 0 Å². The number of nitrogens with zero attached hydrogens (tertiary/aromatic N) is 1. The van der Waals surface area contributed by atoms with Crippen molar-refractivity contribution in [3.8, 4) is 0 Å². The molecule has 106 valence electrons. The summed E-state index contributed by atoms with van der Waals surface area (Å²) in [4.78, 5) is 14.6. The van der Waals surface area contributed by atoms with Crippen molar-refractivity contribution < 1.29 is 9.18 Å². The van der Waals surface area contributed by atoms with Gasteiger partial charge in [-0.15, -0.1) is 11.3 Å². The number of halogens is 3. The summed E-state index contributed by atoms with van der Waals surface area (Å²) in [6, 6.07) is 8.04. The Morgan fingerprint density at radius 3 is 2.65 bits per heavy atom. The van der Waals surface area contributed by atoms with Crippen LogP contribution in [0.3, 0.4) is 0 Å². The van der Waals surface area contributed by atoms with Gasteiger partial charge in [-0.05, 0) is 24.3 Å². The van der Waals surface area contributed by atoms with Gasteiger partial charge in [0.05, 0.1) is 17.3 Å². The number of hydrogen-bond acceptors (Lipinski definition) is 2. The monoisotopic (exact) mass is 331 g/mol. The lowest BCUT2D eigenvalue weighted by Crippen LogP contribution is -2.27. The Kier molecular flexibility index (Phi) is 5.02. The van der Waals surface area contributed by atoms with Crippen molar-refractivity contribution in [1.82, 2.24) is 4.90 Å². The summed E-state index contributed by atoms with van der Waals surface area (Å²) in [5.41, 5.74) is 0.232. The maximum Gasteiger partial charge on any atom is 0.227 e. The van der Waals surface area contributed by atoms with E-state index in [0.29, 0.717) is 10.9 Å². The molecule has 20 heavy (non-hydrogen) atoms. The standard InChI is InChI=1S/C14H12Cl2FNOS/c1-18(8-9-5-6-13(16)20-9)14(19)7-10-11(15)3-2-4-12(10)17/h2-6H,7-8H2,1H3. The van der Waals surface area contributed by atoms with Gasteiger partial charge in [-0.25, -0.2) is 4.39 Å². The summed E-state index contributed by atoms with van der Waals surface area (Å²) in [5.74, 6) is -0.653. The molecule has 1 aromatic heterocycles. The van der Waals surface area contributed by atoms with Gasteiger partial charge in [0.1, 0.15) is 5.82 Å². The molecule has 0 aliphatic rings. The number of carbonyl (C=O) groups excluding carboxylic acids is 1. The summed E-state index contributed by atoms with van der Waals surface area (Å²) in [6.45, 7) is 0.447.